The quantitative estimate of drug-likeness (QED) is 0.393. The van der Waals surface area contributed by atoms with Crippen LogP contribution in [0.5, 0.6) is 11.5 Å². The number of nitrogens with zero attached hydrogens (tertiary/aromatic N) is 1. The van der Waals surface area contributed by atoms with Gasteiger partial charge in [0.05, 0.1) is 30.2 Å². The minimum absolute atomic E-state index is 0.128. The molecule has 2 N–H and O–H groups in total. The van der Waals surface area contributed by atoms with Crippen molar-refractivity contribution in [1.82, 2.24) is 4.40 Å². The van der Waals surface area contributed by atoms with E-state index in [0.717, 1.165) is 16.6 Å². The van der Waals surface area contributed by atoms with Crippen LogP contribution in [0.2, 0.25) is 0 Å². The molecule has 0 aliphatic carbocycles. The lowest BCUT2D eigenvalue weighted by molar-refractivity contribution is 0.103. The first-order valence-electron chi connectivity index (χ1n) is 9.26. The molecular formula is C24H21N2O3. The highest BCUT2D eigenvalue weighted by atomic mass is 16.5. The van der Waals surface area contributed by atoms with Crippen LogP contribution in [0, 0.1) is 13.0 Å². The number of nitrogens with two attached hydrogens (primary N) is 1. The number of hydrogen-bond acceptors (Lipinski definition) is 4. The van der Waals surface area contributed by atoms with Crippen molar-refractivity contribution < 1.29 is 14.3 Å². The van der Waals surface area contributed by atoms with E-state index >= 15 is 0 Å². The summed E-state index contributed by atoms with van der Waals surface area (Å²) in [6, 6.07) is 22.0. The Morgan fingerprint density at radius 2 is 1.90 bits per heavy atom. The van der Waals surface area contributed by atoms with Crippen molar-refractivity contribution in [3.63, 3.8) is 0 Å². The van der Waals surface area contributed by atoms with Crippen molar-refractivity contribution in [3.05, 3.63) is 95.3 Å². The predicted molar refractivity (Wildman–Crippen MR) is 113 cm³/mol. The summed E-state index contributed by atoms with van der Waals surface area (Å²) in [5.74, 6) is 1.02. The van der Waals surface area contributed by atoms with Gasteiger partial charge in [-0.3, -0.25) is 4.79 Å². The topological polar surface area (TPSA) is 66.0 Å². The predicted octanol–water partition coefficient (Wildman–Crippen LogP) is 4.45. The molecule has 0 amide bonds. The van der Waals surface area contributed by atoms with Gasteiger partial charge in [-0.2, -0.15) is 0 Å². The zero-order chi connectivity index (χ0) is 20.4. The lowest BCUT2D eigenvalue weighted by Crippen LogP contribution is -2.08. The standard InChI is InChI=1S/C24H21N2O3/c1-16-12-19-9-10-20(29-15-17-6-4-3-5-7-17)14-26(19)23(16)24(27)18-8-11-21(25)22(13-18)28-2/h3-11,13-14H,15,25H2,1-2H3. The van der Waals surface area contributed by atoms with Gasteiger partial charge >= 0.3 is 0 Å². The van der Waals surface area contributed by atoms with Crippen LogP contribution >= 0.6 is 0 Å². The van der Waals surface area contributed by atoms with Crippen molar-refractivity contribution >= 4 is 17.0 Å². The number of carbonyl (C=O) groups is 1. The van der Waals surface area contributed by atoms with E-state index in [2.05, 4.69) is 6.07 Å². The monoisotopic (exact) mass is 385 g/mol. The second-order valence-electron chi connectivity index (χ2n) is 6.78. The SMILES string of the molecule is COc1cc(C(=O)c2c(C)[c]c3ccc(OCc4ccccc4)cn23)ccc1N. The second kappa shape index (κ2) is 7.72. The number of ether oxygens (including phenoxy) is 2. The fourth-order valence-corrected chi connectivity index (χ4v) is 3.30. The maximum Gasteiger partial charge on any atom is 0.210 e. The lowest BCUT2D eigenvalue weighted by Gasteiger charge is -2.10. The molecule has 0 saturated carbocycles. The molecule has 4 rings (SSSR count). The Hall–Kier alpha value is -3.73. The molecule has 0 bridgehead atoms. The minimum atomic E-state index is -0.128. The van der Waals surface area contributed by atoms with E-state index in [0.29, 0.717) is 35.1 Å². The number of aryl methyl sites for hydroxylation is 1. The van der Waals surface area contributed by atoms with Gasteiger partial charge in [-0.15, -0.1) is 0 Å². The molecule has 1 radical (unpaired) electrons. The number of aromatic nitrogens is 1. The van der Waals surface area contributed by atoms with E-state index in [1.165, 1.54) is 7.11 Å². The summed E-state index contributed by atoms with van der Waals surface area (Å²) in [7, 11) is 1.53. The van der Waals surface area contributed by atoms with Gasteiger partial charge in [0.2, 0.25) is 5.78 Å². The molecule has 0 spiro atoms. The number of carbonyl (C=O) groups excluding carboxylic acids is 1. The Morgan fingerprint density at radius 3 is 2.66 bits per heavy atom. The summed E-state index contributed by atoms with van der Waals surface area (Å²) < 4.78 is 13.0. The molecule has 0 atom stereocenters. The maximum atomic E-state index is 13.2. The van der Waals surface area contributed by atoms with E-state index in [1.807, 2.05) is 60.0 Å². The number of nitrogen functional groups attached to an aromatic ring is 1. The smallest absolute Gasteiger partial charge is 0.210 e. The third kappa shape index (κ3) is 3.67. The molecule has 0 saturated heterocycles. The Bertz CT molecular complexity index is 1180. The highest BCUT2D eigenvalue weighted by Gasteiger charge is 2.19. The van der Waals surface area contributed by atoms with Gasteiger partial charge in [-0.1, -0.05) is 30.3 Å². The number of benzene rings is 2. The molecule has 5 nitrogen and oxygen atoms in total. The normalized spacial score (nSPS) is 10.8. The van der Waals surface area contributed by atoms with E-state index < -0.39 is 0 Å². The fraction of sp³-hybridized carbons (Fsp3) is 0.125. The number of ketones is 1. The molecular weight excluding hydrogens is 364 g/mol. The fourth-order valence-electron chi connectivity index (χ4n) is 3.30. The number of pyridine rings is 1. The molecule has 5 heteroatoms. The molecule has 2 aromatic carbocycles. The Labute approximate surface area is 169 Å². The molecule has 2 aromatic heterocycles. The van der Waals surface area contributed by atoms with Crippen LogP contribution in [-0.4, -0.2) is 17.3 Å². The van der Waals surface area contributed by atoms with Gasteiger partial charge in [0, 0.05) is 11.6 Å². The third-order valence-electron chi connectivity index (χ3n) is 4.79. The van der Waals surface area contributed by atoms with Crippen LogP contribution in [0.1, 0.15) is 27.2 Å². The molecule has 145 valence electrons. The Morgan fingerprint density at radius 1 is 1.10 bits per heavy atom. The Kier molecular flexibility index (Phi) is 4.96. The van der Waals surface area contributed by atoms with E-state index in [1.54, 1.807) is 18.2 Å². The van der Waals surface area contributed by atoms with E-state index in [9.17, 15) is 4.79 Å². The van der Waals surface area contributed by atoms with Crippen LogP contribution in [-0.2, 0) is 6.61 Å². The van der Waals surface area contributed by atoms with Crippen molar-refractivity contribution in [2.24, 2.45) is 0 Å². The van der Waals surface area contributed by atoms with Gasteiger partial charge in [0.25, 0.3) is 0 Å². The van der Waals surface area contributed by atoms with Gasteiger partial charge < -0.3 is 19.6 Å². The maximum absolute atomic E-state index is 13.2. The zero-order valence-corrected chi connectivity index (χ0v) is 16.3. The van der Waals surface area contributed by atoms with Crippen molar-refractivity contribution in [2.75, 3.05) is 12.8 Å². The molecule has 0 unspecified atom stereocenters. The van der Waals surface area contributed by atoms with Crippen LogP contribution in [0.4, 0.5) is 5.69 Å². The first-order chi connectivity index (χ1) is 14.1. The first kappa shape index (κ1) is 18.6. The first-order valence-corrected chi connectivity index (χ1v) is 9.26. The highest BCUT2D eigenvalue weighted by molar-refractivity contribution is 6.10. The molecule has 4 aromatic rings. The number of fused-ring (bicyclic) bond motifs is 1. The van der Waals surface area contributed by atoms with E-state index in [4.69, 9.17) is 15.2 Å². The Balaban J connectivity index is 1.68. The summed E-state index contributed by atoms with van der Waals surface area (Å²) >= 11 is 0. The van der Waals surface area contributed by atoms with Gasteiger partial charge in [-0.05, 0) is 48.4 Å². The summed E-state index contributed by atoms with van der Waals surface area (Å²) in [6.07, 6.45) is 1.82. The van der Waals surface area contributed by atoms with Crippen molar-refractivity contribution in [3.8, 4) is 11.5 Å². The van der Waals surface area contributed by atoms with Crippen LogP contribution < -0.4 is 15.2 Å². The van der Waals surface area contributed by atoms with Crippen molar-refractivity contribution in [1.29, 1.82) is 0 Å². The third-order valence-corrected chi connectivity index (χ3v) is 4.79. The number of hydrogen-bond donors (Lipinski definition) is 1. The van der Waals surface area contributed by atoms with Crippen LogP contribution in [0.25, 0.3) is 5.52 Å². The van der Waals surface area contributed by atoms with Gasteiger partial charge in [-0.25, -0.2) is 0 Å². The van der Waals surface area contributed by atoms with Crippen LogP contribution in [0.15, 0.2) is 66.9 Å². The summed E-state index contributed by atoms with van der Waals surface area (Å²) in [5, 5.41) is 0. The van der Waals surface area contributed by atoms with Crippen molar-refractivity contribution in [2.45, 2.75) is 13.5 Å². The largest absolute Gasteiger partial charge is 0.495 e. The van der Waals surface area contributed by atoms with Gasteiger partial charge in [0.1, 0.15) is 18.1 Å². The van der Waals surface area contributed by atoms with Crippen LogP contribution in [0.3, 0.4) is 0 Å². The second-order valence-corrected chi connectivity index (χ2v) is 6.78. The highest BCUT2D eigenvalue weighted by Crippen LogP contribution is 2.27. The zero-order valence-electron chi connectivity index (χ0n) is 16.3. The average Bonchev–Trinajstić information content (AvgIpc) is 3.07. The summed E-state index contributed by atoms with van der Waals surface area (Å²) in [5.41, 5.74) is 10.1. The average molecular weight is 385 g/mol. The minimum Gasteiger partial charge on any atom is -0.495 e. The van der Waals surface area contributed by atoms with Gasteiger partial charge in [0.15, 0.2) is 0 Å². The summed E-state index contributed by atoms with van der Waals surface area (Å²) in [6.45, 7) is 2.33. The lowest BCUT2D eigenvalue weighted by atomic mass is 10.0. The number of methoxy groups -OCH3 is 1. The molecule has 0 fully saturated rings. The number of rotatable bonds is 6. The summed E-state index contributed by atoms with van der Waals surface area (Å²) in [4.78, 5) is 13.2. The number of anilines is 1. The molecule has 0 aliphatic rings. The van der Waals surface area contributed by atoms with E-state index in [-0.39, 0.29) is 5.78 Å². The molecule has 29 heavy (non-hydrogen) atoms. The molecule has 0 aliphatic heterocycles. The molecule has 2 heterocycles.